The molecule has 1 aliphatic heterocycles. The Kier molecular flexibility index (Phi) is 6.22. The fourth-order valence-electron chi connectivity index (χ4n) is 0.812. The first kappa shape index (κ1) is 13.8. The fourth-order valence-corrected chi connectivity index (χ4v) is 0.812. The lowest BCUT2D eigenvalue weighted by molar-refractivity contribution is -0.155. The molecule has 1 rings (SSSR count). The minimum Gasteiger partial charge on any atom is -0.394 e. The zero-order valence-electron chi connectivity index (χ0n) is 8.93. The van der Waals surface area contributed by atoms with E-state index in [2.05, 4.69) is 4.74 Å². The van der Waals surface area contributed by atoms with Crippen LogP contribution in [0.1, 0.15) is 20.3 Å². The molecule has 86 valence electrons. The summed E-state index contributed by atoms with van der Waals surface area (Å²) in [6.07, 6.45) is -0.111. The Balaban J connectivity index is 0.000000255. The Morgan fingerprint density at radius 2 is 2.00 bits per heavy atom. The van der Waals surface area contributed by atoms with Crippen LogP contribution < -0.4 is 0 Å². The molecule has 0 radical (unpaired) electrons. The molecule has 3 N–H and O–H groups in total. The number of aliphatic hydroxyl groups is 3. The third kappa shape index (κ3) is 6.28. The highest BCUT2D eigenvalue weighted by molar-refractivity contribution is 4.73. The highest BCUT2D eigenvalue weighted by atomic mass is 16.6. The molecular formula is C9H20O5. The quantitative estimate of drug-likeness (QED) is 0.533. The summed E-state index contributed by atoms with van der Waals surface area (Å²) in [6, 6.07) is 0. The van der Waals surface area contributed by atoms with Gasteiger partial charge in [-0.2, -0.15) is 0 Å². The van der Waals surface area contributed by atoms with E-state index in [1.807, 2.05) is 0 Å². The van der Waals surface area contributed by atoms with Crippen molar-refractivity contribution in [2.75, 3.05) is 20.3 Å². The van der Waals surface area contributed by atoms with E-state index in [1.165, 1.54) is 7.11 Å². The molecule has 1 fully saturated rings. The molecule has 0 spiro atoms. The first-order valence-corrected chi connectivity index (χ1v) is 4.58. The second kappa shape index (κ2) is 6.31. The molecule has 2 atom stereocenters. The van der Waals surface area contributed by atoms with Gasteiger partial charge in [-0.05, 0) is 20.3 Å². The number of ether oxygens (including phenoxy) is 2. The van der Waals surface area contributed by atoms with Gasteiger partial charge in [0.05, 0.1) is 12.7 Å². The lowest BCUT2D eigenvalue weighted by Gasteiger charge is -2.12. The lowest BCUT2D eigenvalue weighted by atomic mass is 10.2. The van der Waals surface area contributed by atoms with E-state index in [1.54, 1.807) is 13.8 Å². The van der Waals surface area contributed by atoms with Gasteiger partial charge in [-0.25, -0.2) is 0 Å². The summed E-state index contributed by atoms with van der Waals surface area (Å²) < 4.78 is 9.41. The summed E-state index contributed by atoms with van der Waals surface area (Å²) >= 11 is 0. The Morgan fingerprint density at radius 1 is 1.50 bits per heavy atom. The highest BCUT2D eigenvalue weighted by Crippen LogP contribution is 2.11. The summed E-state index contributed by atoms with van der Waals surface area (Å²) in [5.74, 6) is -0.958. The van der Waals surface area contributed by atoms with Gasteiger partial charge < -0.3 is 24.8 Å². The number of aliphatic hydroxyl groups excluding tert-OH is 2. The van der Waals surface area contributed by atoms with Crippen LogP contribution in [0.4, 0.5) is 0 Å². The van der Waals surface area contributed by atoms with Crippen molar-refractivity contribution >= 4 is 0 Å². The van der Waals surface area contributed by atoms with Gasteiger partial charge in [0.2, 0.25) is 0 Å². The van der Waals surface area contributed by atoms with Crippen LogP contribution in [-0.2, 0) is 9.47 Å². The maximum Gasteiger partial charge on any atom is 0.159 e. The monoisotopic (exact) mass is 208 g/mol. The van der Waals surface area contributed by atoms with Gasteiger partial charge in [0, 0.05) is 13.7 Å². The maximum atomic E-state index is 8.90. The number of methoxy groups -OCH3 is 1. The molecular weight excluding hydrogens is 188 g/mol. The van der Waals surface area contributed by atoms with E-state index in [9.17, 15) is 0 Å². The molecule has 14 heavy (non-hydrogen) atoms. The summed E-state index contributed by atoms with van der Waals surface area (Å²) in [5, 5.41) is 26.0. The van der Waals surface area contributed by atoms with Crippen molar-refractivity contribution in [2.24, 2.45) is 0 Å². The van der Waals surface area contributed by atoms with Crippen molar-refractivity contribution < 1.29 is 24.8 Å². The molecule has 0 saturated carbocycles. The first-order valence-electron chi connectivity index (χ1n) is 4.58. The largest absolute Gasteiger partial charge is 0.394 e. The molecule has 0 unspecified atom stereocenters. The molecule has 1 saturated heterocycles. The molecule has 0 aliphatic carbocycles. The van der Waals surface area contributed by atoms with Crippen LogP contribution in [0.3, 0.4) is 0 Å². The van der Waals surface area contributed by atoms with Gasteiger partial charge >= 0.3 is 0 Å². The van der Waals surface area contributed by atoms with Crippen molar-refractivity contribution in [3.05, 3.63) is 0 Å². The lowest BCUT2D eigenvalue weighted by Crippen LogP contribution is -2.24. The maximum absolute atomic E-state index is 8.90. The molecule has 0 aromatic heterocycles. The van der Waals surface area contributed by atoms with Gasteiger partial charge in [0.15, 0.2) is 5.79 Å². The van der Waals surface area contributed by atoms with E-state index >= 15 is 0 Å². The summed E-state index contributed by atoms with van der Waals surface area (Å²) in [6.45, 7) is 3.66. The zero-order valence-corrected chi connectivity index (χ0v) is 8.93. The Bertz CT molecular complexity index is 143. The van der Waals surface area contributed by atoms with Crippen molar-refractivity contribution in [3.63, 3.8) is 0 Å². The molecule has 1 heterocycles. The number of hydrogen-bond acceptors (Lipinski definition) is 5. The van der Waals surface area contributed by atoms with Crippen LogP contribution >= 0.6 is 0 Å². The molecule has 0 aromatic carbocycles. The zero-order chi connectivity index (χ0) is 11.2. The minimum atomic E-state index is -0.958. The summed E-state index contributed by atoms with van der Waals surface area (Å²) in [7, 11) is 1.46. The van der Waals surface area contributed by atoms with Crippen molar-refractivity contribution in [3.8, 4) is 0 Å². The fraction of sp³-hybridized carbons (Fsp3) is 1.00. The van der Waals surface area contributed by atoms with Crippen molar-refractivity contribution in [2.45, 2.75) is 38.3 Å². The number of hydrogen-bond donors (Lipinski definition) is 3. The van der Waals surface area contributed by atoms with E-state index < -0.39 is 11.9 Å². The molecule has 0 amide bonds. The standard InChI is InChI=1S/C5H10O3.C4H10O2/c6-3-5-4(7)1-2-8-5;1-4(2,5)6-3/h4-7H,1-3H2;5H,1-3H3/t4-,5-;/m1./s1. The third-order valence-corrected chi connectivity index (χ3v) is 1.85. The highest BCUT2D eigenvalue weighted by Gasteiger charge is 2.24. The van der Waals surface area contributed by atoms with E-state index in [-0.39, 0.29) is 12.7 Å². The van der Waals surface area contributed by atoms with Gasteiger partial charge in [-0.15, -0.1) is 0 Å². The second-order valence-electron chi connectivity index (χ2n) is 3.60. The predicted molar refractivity (Wildman–Crippen MR) is 50.8 cm³/mol. The average Bonchev–Trinajstić information content (AvgIpc) is 2.51. The van der Waals surface area contributed by atoms with Crippen LogP contribution in [0.5, 0.6) is 0 Å². The Hall–Kier alpha value is -0.200. The summed E-state index contributed by atoms with van der Waals surface area (Å²) in [5.41, 5.74) is 0. The van der Waals surface area contributed by atoms with Crippen LogP contribution in [0.15, 0.2) is 0 Å². The normalized spacial score (nSPS) is 27.0. The molecule has 5 heteroatoms. The van der Waals surface area contributed by atoms with Crippen molar-refractivity contribution in [1.82, 2.24) is 0 Å². The van der Waals surface area contributed by atoms with E-state index in [0.717, 1.165) is 0 Å². The SMILES string of the molecule is COC(C)(C)O.OC[C@H]1OCC[C@H]1O. The van der Waals surface area contributed by atoms with E-state index in [0.29, 0.717) is 13.0 Å². The van der Waals surface area contributed by atoms with Gasteiger partial charge in [-0.3, -0.25) is 0 Å². The van der Waals surface area contributed by atoms with E-state index in [4.69, 9.17) is 20.1 Å². The summed E-state index contributed by atoms with van der Waals surface area (Å²) in [4.78, 5) is 0. The predicted octanol–water partition coefficient (Wildman–Crippen LogP) is -0.510. The van der Waals surface area contributed by atoms with Crippen LogP contribution in [0, 0.1) is 0 Å². The number of rotatable bonds is 2. The van der Waals surface area contributed by atoms with Gasteiger partial charge in [0.25, 0.3) is 0 Å². The Morgan fingerprint density at radius 3 is 2.14 bits per heavy atom. The van der Waals surface area contributed by atoms with Crippen LogP contribution in [0.2, 0.25) is 0 Å². The molecule has 1 aliphatic rings. The smallest absolute Gasteiger partial charge is 0.159 e. The molecule has 0 aromatic rings. The Labute approximate surface area is 84.3 Å². The van der Waals surface area contributed by atoms with Gasteiger partial charge in [0.1, 0.15) is 6.10 Å². The molecule has 0 bridgehead atoms. The second-order valence-corrected chi connectivity index (χ2v) is 3.60. The average molecular weight is 208 g/mol. The van der Waals surface area contributed by atoms with Crippen LogP contribution in [-0.4, -0.2) is 53.6 Å². The third-order valence-electron chi connectivity index (χ3n) is 1.85. The van der Waals surface area contributed by atoms with Gasteiger partial charge in [-0.1, -0.05) is 0 Å². The van der Waals surface area contributed by atoms with Crippen molar-refractivity contribution in [1.29, 1.82) is 0 Å². The van der Waals surface area contributed by atoms with Crippen LogP contribution in [0.25, 0.3) is 0 Å². The first-order chi connectivity index (χ1) is 6.40. The topological polar surface area (TPSA) is 79.2 Å². The molecule has 5 nitrogen and oxygen atoms in total. The minimum absolute atomic E-state index is 0.0683.